The number of aromatic nitrogens is 1. The molecule has 29 heavy (non-hydrogen) atoms. The zero-order valence-corrected chi connectivity index (χ0v) is 16.7. The number of aryl methyl sites for hydroxylation is 1. The molecule has 0 atom stereocenters. The van der Waals surface area contributed by atoms with Crippen LogP contribution in [0.15, 0.2) is 42.3 Å². The number of ketones is 1. The molecule has 0 saturated heterocycles. The Morgan fingerprint density at radius 1 is 1.24 bits per heavy atom. The van der Waals surface area contributed by atoms with Gasteiger partial charge in [0.1, 0.15) is 17.2 Å². The minimum atomic E-state index is -0.422. The van der Waals surface area contributed by atoms with Crippen LogP contribution in [0.5, 0.6) is 17.2 Å². The van der Waals surface area contributed by atoms with Crippen molar-refractivity contribution in [2.24, 2.45) is 0 Å². The predicted molar refractivity (Wildman–Crippen MR) is 110 cm³/mol. The normalized spacial score (nSPS) is 14.2. The van der Waals surface area contributed by atoms with Crippen LogP contribution in [0, 0.1) is 6.92 Å². The van der Waals surface area contributed by atoms with Gasteiger partial charge in [-0.1, -0.05) is 0 Å². The van der Waals surface area contributed by atoms with E-state index in [0.29, 0.717) is 22.6 Å². The van der Waals surface area contributed by atoms with Gasteiger partial charge >= 0.3 is 5.97 Å². The van der Waals surface area contributed by atoms with Gasteiger partial charge in [-0.25, -0.2) is 0 Å². The Morgan fingerprint density at radius 2 is 2.03 bits per heavy atom. The van der Waals surface area contributed by atoms with E-state index in [1.807, 2.05) is 24.4 Å². The van der Waals surface area contributed by atoms with Gasteiger partial charge in [-0.3, -0.25) is 9.59 Å². The summed E-state index contributed by atoms with van der Waals surface area (Å²) >= 11 is 0. The molecule has 0 amide bonds. The van der Waals surface area contributed by atoms with Crippen molar-refractivity contribution in [2.75, 3.05) is 7.11 Å². The SMILES string of the molecule is CCn1cc(/C=C2/Oc3c(ccc(OC(C)=O)c3C)C2=O)c2cc(OC)ccc21. The van der Waals surface area contributed by atoms with Crippen LogP contribution in [0.4, 0.5) is 0 Å². The summed E-state index contributed by atoms with van der Waals surface area (Å²) in [6.07, 6.45) is 3.75. The Balaban J connectivity index is 1.79. The smallest absolute Gasteiger partial charge is 0.308 e. The van der Waals surface area contributed by atoms with Crippen molar-refractivity contribution in [1.82, 2.24) is 4.57 Å². The Bertz CT molecular complexity index is 1190. The number of Topliss-reactive ketones (excluding diaryl/α,β-unsaturated/α-hetero) is 1. The molecule has 2 heterocycles. The Morgan fingerprint density at radius 3 is 2.72 bits per heavy atom. The lowest BCUT2D eigenvalue weighted by Gasteiger charge is -2.08. The quantitative estimate of drug-likeness (QED) is 0.372. The molecule has 1 aliphatic rings. The summed E-state index contributed by atoms with van der Waals surface area (Å²) in [6.45, 7) is 5.96. The van der Waals surface area contributed by atoms with E-state index in [2.05, 4.69) is 11.5 Å². The van der Waals surface area contributed by atoms with Crippen LogP contribution in [0.2, 0.25) is 0 Å². The van der Waals surface area contributed by atoms with Gasteiger partial charge in [0.15, 0.2) is 5.76 Å². The van der Waals surface area contributed by atoms with Crippen LogP contribution < -0.4 is 14.2 Å². The first-order valence-electron chi connectivity index (χ1n) is 9.36. The van der Waals surface area contributed by atoms with Crippen LogP contribution in [0.3, 0.4) is 0 Å². The number of methoxy groups -OCH3 is 1. The van der Waals surface area contributed by atoms with Gasteiger partial charge in [-0.05, 0) is 50.3 Å². The molecule has 0 N–H and O–H groups in total. The zero-order chi connectivity index (χ0) is 20.7. The average Bonchev–Trinajstić information content (AvgIpc) is 3.22. The van der Waals surface area contributed by atoms with Gasteiger partial charge in [0, 0.05) is 41.7 Å². The Labute approximate surface area is 168 Å². The molecule has 0 radical (unpaired) electrons. The fourth-order valence-corrected chi connectivity index (χ4v) is 3.58. The topological polar surface area (TPSA) is 66.8 Å². The van der Waals surface area contributed by atoms with Crippen LogP contribution in [0.1, 0.15) is 35.3 Å². The van der Waals surface area contributed by atoms with Crippen molar-refractivity contribution in [3.05, 3.63) is 59.0 Å². The van der Waals surface area contributed by atoms with E-state index in [1.165, 1.54) is 6.92 Å². The molecule has 6 heteroatoms. The highest BCUT2D eigenvalue weighted by Crippen LogP contribution is 2.40. The highest BCUT2D eigenvalue weighted by Gasteiger charge is 2.30. The number of nitrogens with zero attached hydrogens (tertiary/aromatic N) is 1. The molecule has 0 fully saturated rings. The summed E-state index contributed by atoms with van der Waals surface area (Å²) in [5.74, 6) is 1.18. The zero-order valence-electron chi connectivity index (χ0n) is 16.7. The third kappa shape index (κ3) is 3.16. The Kier molecular flexibility index (Phi) is 4.62. The molecule has 0 saturated carbocycles. The van der Waals surface area contributed by atoms with Gasteiger partial charge in [0.25, 0.3) is 0 Å². The maximum Gasteiger partial charge on any atom is 0.308 e. The lowest BCUT2D eigenvalue weighted by Crippen LogP contribution is -2.03. The molecule has 6 nitrogen and oxygen atoms in total. The van der Waals surface area contributed by atoms with E-state index in [1.54, 1.807) is 32.2 Å². The summed E-state index contributed by atoms with van der Waals surface area (Å²) in [5, 5.41) is 0.975. The number of ether oxygens (including phenoxy) is 3. The van der Waals surface area contributed by atoms with E-state index in [-0.39, 0.29) is 11.5 Å². The molecule has 2 aromatic carbocycles. The second-order valence-electron chi connectivity index (χ2n) is 6.85. The molecule has 1 aromatic heterocycles. The summed E-state index contributed by atoms with van der Waals surface area (Å²) in [7, 11) is 1.62. The molecule has 148 valence electrons. The molecule has 1 aliphatic heterocycles. The second kappa shape index (κ2) is 7.13. The fourth-order valence-electron chi connectivity index (χ4n) is 3.58. The highest BCUT2D eigenvalue weighted by atomic mass is 16.5. The second-order valence-corrected chi connectivity index (χ2v) is 6.85. The van der Waals surface area contributed by atoms with Crippen LogP contribution in [0.25, 0.3) is 17.0 Å². The minimum absolute atomic E-state index is 0.197. The van der Waals surface area contributed by atoms with E-state index < -0.39 is 5.97 Å². The molecule has 4 rings (SSSR count). The van der Waals surface area contributed by atoms with Crippen molar-refractivity contribution in [1.29, 1.82) is 0 Å². The number of allylic oxidation sites excluding steroid dienone is 1. The van der Waals surface area contributed by atoms with E-state index in [9.17, 15) is 9.59 Å². The Hall–Kier alpha value is -3.54. The number of carbonyl (C=O) groups is 2. The highest BCUT2D eigenvalue weighted by molar-refractivity contribution is 6.15. The minimum Gasteiger partial charge on any atom is -0.497 e. The number of rotatable bonds is 4. The number of benzene rings is 2. The van der Waals surface area contributed by atoms with Gasteiger partial charge < -0.3 is 18.8 Å². The number of carbonyl (C=O) groups excluding carboxylic acids is 2. The number of fused-ring (bicyclic) bond motifs is 2. The summed E-state index contributed by atoms with van der Waals surface area (Å²) in [5.41, 5.74) is 3.00. The molecule has 0 spiro atoms. The summed E-state index contributed by atoms with van der Waals surface area (Å²) in [6, 6.07) is 9.11. The predicted octanol–water partition coefficient (Wildman–Crippen LogP) is 4.52. The summed E-state index contributed by atoms with van der Waals surface area (Å²) in [4.78, 5) is 24.2. The van der Waals surface area contributed by atoms with Crippen LogP contribution in [-0.4, -0.2) is 23.4 Å². The van der Waals surface area contributed by atoms with Gasteiger partial charge in [-0.2, -0.15) is 0 Å². The van der Waals surface area contributed by atoms with Gasteiger partial charge in [0.2, 0.25) is 5.78 Å². The van der Waals surface area contributed by atoms with E-state index in [4.69, 9.17) is 14.2 Å². The standard InChI is InChI=1S/C23H21NO5/c1-5-24-12-15(18-11-16(27-4)6-8-19(18)24)10-21-22(26)17-7-9-20(28-14(3)25)13(2)23(17)29-21/h6-12H,5H2,1-4H3/b21-10+. The number of hydrogen-bond acceptors (Lipinski definition) is 5. The number of esters is 1. The third-order valence-electron chi connectivity index (χ3n) is 5.04. The first-order chi connectivity index (χ1) is 13.9. The van der Waals surface area contributed by atoms with Crippen molar-refractivity contribution < 1.29 is 23.8 Å². The molecule has 3 aromatic rings. The molecule has 0 aliphatic carbocycles. The van der Waals surface area contributed by atoms with Gasteiger partial charge in [0.05, 0.1) is 12.7 Å². The monoisotopic (exact) mass is 391 g/mol. The maximum atomic E-state index is 12.9. The van der Waals surface area contributed by atoms with Crippen LogP contribution in [-0.2, 0) is 11.3 Å². The van der Waals surface area contributed by atoms with Crippen molar-refractivity contribution in [3.63, 3.8) is 0 Å². The molecule has 0 unspecified atom stereocenters. The lowest BCUT2D eigenvalue weighted by atomic mass is 10.1. The first kappa shape index (κ1) is 18.8. The summed E-state index contributed by atoms with van der Waals surface area (Å²) < 4.78 is 18.6. The van der Waals surface area contributed by atoms with E-state index in [0.717, 1.165) is 28.8 Å². The van der Waals surface area contributed by atoms with Crippen molar-refractivity contribution in [3.8, 4) is 17.2 Å². The first-order valence-corrected chi connectivity index (χ1v) is 9.36. The fraction of sp³-hybridized carbons (Fsp3) is 0.217. The van der Waals surface area contributed by atoms with Crippen molar-refractivity contribution in [2.45, 2.75) is 27.3 Å². The maximum absolute atomic E-state index is 12.9. The average molecular weight is 391 g/mol. The largest absolute Gasteiger partial charge is 0.497 e. The molecule has 0 bridgehead atoms. The lowest BCUT2D eigenvalue weighted by molar-refractivity contribution is -0.131. The third-order valence-corrected chi connectivity index (χ3v) is 5.04. The van der Waals surface area contributed by atoms with Gasteiger partial charge in [-0.15, -0.1) is 0 Å². The molecular weight excluding hydrogens is 370 g/mol. The van der Waals surface area contributed by atoms with E-state index >= 15 is 0 Å². The molecular formula is C23H21NO5. The number of hydrogen-bond donors (Lipinski definition) is 0. The van der Waals surface area contributed by atoms with Crippen molar-refractivity contribution >= 4 is 28.7 Å². The van der Waals surface area contributed by atoms with Crippen LogP contribution >= 0.6 is 0 Å².